The highest BCUT2D eigenvalue weighted by Gasteiger charge is 2.24. The van der Waals surface area contributed by atoms with Crippen LogP contribution in [0.3, 0.4) is 0 Å². The van der Waals surface area contributed by atoms with E-state index in [9.17, 15) is 9.18 Å². The molecule has 0 fully saturated rings. The van der Waals surface area contributed by atoms with E-state index >= 15 is 0 Å². The van der Waals surface area contributed by atoms with Gasteiger partial charge in [-0.25, -0.2) is 4.39 Å². The van der Waals surface area contributed by atoms with Crippen molar-refractivity contribution in [3.63, 3.8) is 0 Å². The fraction of sp³-hybridized carbons (Fsp3) is 0.214. The van der Waals surface area contributed by atoms with Crippen LogP contribution in [0.15, 0.2) is 23.6 Å². The minimum Gasteiger partial charge on any atom is -0.334 e. The monoisotopic (exact) mass is 329 g/mol. The standard InChI is InChI=1S/C14H10Cl2FNOS/c15-10-6-11(16)12(17)5-9(10)14(19)18-3-1-13-8(7-18)2-4-20-13/h2,4-6H,1,3,7H2. The van der Waals surface area contributed by atoms with Gasteiger partial charge in [0.25, 0.3) is 5.91 Å². The smallest absolute Gasteiger partial charge is 0.255 e. The summed E-state index contributed by atoms with van der Waals surface area (Å²) in [6.45, 7) is 1.16. The number of amides is 1. The van der Waals surface area contributed by atoms with Gasteiger partial charge in [0.15, 0.2) is 0 Å². The van der Waals surface area contributed by atoms with Gasteiger partial charge in [-0.1, -0.05) is 23.2 Å². The van der Waals surface area contributed by atoms with E-state index < -0.39 is 5.82 Å². The number of halogens is 3. The third kappa shape index (κ3) is 2.43. The van der Waals surface area contributed by atoms with Gasteiger partial charge in [-0.3, -0.25) is 4.79 Å². The molecule has 1 aliphatic rings. The number of benzene rings is 1. The Morgan fingerprint density at radius 3 is 2.90 bits per heavy atom. The predicted octanol–water partition coefficient (Wildman–Crippen LogP) is 4.39. The van der Waals surface area contributed by atoms with Gasteiger partial charge in [-0.05, 0) is 35.6 Å². The molecule has 104 valence electrons. The molecule has 0 bridgehead atoms. The van der Waals surface area contributed by atoms with E-state index in [1.807, 2.05) is 11.4 Å². The third-order valence-corrected chi connectivity index (χ3v) is 4.96. The van der Waals surface area contributed by atoms with Crippen molar-refractivity contribution in [2.24, 2.45) is 0 Å². The highest BCUT2D eigenvalue weighted by atomic mass is 35.5. The molecule has 0 saturated carbocycles. The van der Waals surface area contributed by atoms with Crippen LogP contribution in [-0.4, -0.2) is 17.4 Å². The molecule has 0 unspecified atom stereocenters. The van der Waals surface area contributed by atoms with Gasteiger partial charge in [0, 0.05) is 18.0 Å². The van der Waals surface area contributed by atoms with Crippen molar-refractivity contribution in [2.45, 2.75) is 13.0 Å². The molecule has 0 atom stereocenters. The Hall–Kier alpha value is -1.10. The van der Waals surface area contributed by atoms with Crippen molar-refractivity contribution in [1.82, 2.24) is 4.90 Å². The average molecular weight is 330 g/mol. The Bertz CT molecular complexity index is 686. The number of nitrogens with zero attached hydrogens (tertiary/aromatic N) is 1. The number of hydrogen-bond acceptors (Lipinski definition) is 2. The third-order valence-electron chi connectivity index (χ3n) is 3.34. The molecule has 0 radical (unpaired) electrons. The molecule has 0 saturated heterocycles. The van der Waals surface area contributed by atoms with Gasteiger partial charge >= 0.3 is 0 Å². The number of hydrogen-bond donors (Lipinski definition) is 0. The van der Waals surface area contributed by atoms with Crippen LogP contribution in [-0.2, 0) is 13.0 Å². The van der Waals surface area contributed by atoms with Crippen molar-refractivity contribution < 1.29 is 9.18 Å². The zero-order chi connectivity index (χ0) is 14.3. The summed E-state index contributed by atoms with van der Waals surface area (Å²) in [5.41, 5.74) is 1.31. The quantitative estimate of drug-likeness (QED) is 0.710. The molecule has 20 heavy (non-hydrogen) atoms. The molecule has 2 aromatic rings. The maximum absolute atomic E-state index is 13.5. The Morgan fingerprint density at radius 1 is 1.30 bits per heavy atom. The lowest BCUT2D eigenvalue weighted by atomic mass is 10.1. The second-order valence-corrected chi connectivity index (χ2v) is 6.41. The van der Waals surface area contributed by atoms with Gasteiger partial charge in [0.1, 0.15) is 5.82 Å². The van der Waals surface area contributed by atoms with Crippen LogP contribution in [0.5, 0.6) is 0 Å². The summed E-state index contributed by atoms with van der Waals surface area (Å²) >= 11 is 13.3. The fourth-order valence-electron chi connectivity index (χ4n) is 2.28. The van der Waals surface area contributed by atoms with Crippen molar-refractivity contribution in [3.8, 4) is 0 Å². The second-order valence-electron chi connectivity index (χ2n) is 4.59. The molecule has 3 rings (SSSR count). The molecule has 2 heterocycles. The molecule has 6 heteroatoms. The summed E-state index contributed by atoms with van der Waals surface area (Å²) in [5, 5.41) is 2.12. The number of carbonyl (C=O) groups excluding carboxylic acids is 1. The van der Waals surface area contributed by atoms with Crippen LogP contribution in [0.4, 0.5) is 4.39 Å². The molecule has 1 aromatic carbocycles. The van der Waals surface area contributed by atoms with Crippen LogP contribution in [0, 0.1) is 5.82 Å². The summed E-state index contributed by atoms with van der Waals surface area (Å²) in [6, 6.07) is 4.39. The predicted molar refractivity (Wildman–Crippen MR) is 79.2 cm³/mol. The Morgan fingerprint density at radius 2 is 2.10 bits per heavy atom. The largest absolute Gasteiger partial charge is 0.334 e. The molecule has 0 spiro atoms. The lowest BCUT2D eigenvalue weighted by Crippen LogP contribution is -2.35. The first-order chi connectivity index (χ1) is 9.56. The fourth-order valence-corrected chi connectivity index (χ4v) is 3.63. The minimum absolute atomic E-state index is 0.0784. The SMILES string of the molecule is O=C(c1cc(F)c(Cl)cc1Cl)N1CCc2sccc2C1. The highest BCUT2D eigenvalue weighted by Crippen LogP contribution is 2.28. The van der Waals surface area contributed by atoms with E-state index in [1.165, 1.54) is 10.9 Å². The first kappa shape index (κ1) is 13.9. The zero-order valence-electron chi connectivity index (χ0n) is 10.3. The van der Waals surface area contributed by atoms with E-state index in [0.717, 1.165) is 18.1 Å². The van der Waals surface area contributed by atoms with Gasteiger partial charge < -0.3 is 4.90 Å². The van der Waals surface area contributed by atoms with Crippen LogP contribution in [0.1, 0.15) is 20.8 Å². The van der Waals surface area contributed by atoms with E-state index in [4.69, 9.17) is 23.2 Å². The van der Waals surface area contributed by atoms with E-state index in [1.54, 1.807) is 16.2 Å². The molecule has 0 N–H and O–H groups in total. The van der Waals surface area contributed by atoms with Crippen LogP contribution >= 0.6 is 34.5 Å². The Balaban J connectivity index is 1.89. The van der Waals surface area contributed by atoms with Gasteiger partial charge in [-0.2, -0.15) is 0 Å². The average Bonchev–Trinajstić information content (AvgIpc) is 2.89. The summed E-state index contributed by atoms with van der Waals surface area (Å²) in [4.78, 5) is 15.4. The number of thiophene rings is 1. The van der Waals surface area contributed by atoms with Crippen molar-refractivity contribution in [1.29, 1.82) is 0 Å². The maximum Gasteiger partial charge on any atom is 0.255 e. The summed E-state index contributed by atoms with van der Waals surface area (Å²) in [7, 11) is 0. The minimum atomic E-state index is -0.632. The summed E-state index contributed by atoms with van der Waals surface area (Å²) in [6.07, 6.45) is 0.826. The number of rotatable bonds is 1. The second kappa shape index (κ2) is 5.35. The molecular formula is C14H10Cl2FNOS. The lowest BCUT2D eigenvalue weighted by Gasteiger charge is -2.27. The first-order valence-electron chi connectivity index (χ1n) is 6.05. The molecule has 1 aliphatic heterocycles. The van der Waals surface area contributed by atoms with Crippen molar-refractivity contribution in [2.75, 3.05) is 6.54 Å². The highest BCUT2D eigenvalue weighted by molar-refractivity contribution is 7.10. The maximum atomic E-state index is 13.5. The molecule has 0 aliphatic carbocycles. The van der Waals surface area contributed by atoms with Crippen LogP contribution in [0.25, 0.3) is 0 Å². The van der Waals surface area contributed by atoms with Crippen LogP contribution < -0.4 is 0 Å². The van der Waals surface area contributed by atoms with E-state index in [-0.39, 0.29) is 21.5 Å². The van der Waals surface area contributed by atoms with E-state index in [0.29, 0.717) is 13.1 Å². The van der Waals surface area contributed by atoms with Crippen molar-refractivity contribution >= 4 is 40.4 Å². The topological polar surface area (TPSA) is 20.3 Å². The number of fused-ring (bicyclic) bond motifs is 1. The van der Waals surface area contributed by atoms with Gasteiger partial charge in [0.2, 0.25) is 0 Å². The number of carbonyl (C=O) groups is 1. The molecule has 1 aromatic heterocycles. The zero-order valence-corrected chi connectivity index (χ0v) is 12.7. The molecule has 2 nitrogen and oxygen atoms in total. The summed E-state index contributed by atoms with van der Waals surface area (Å²) in [5.74, 6) is -0.893. The Kier molecular flexibility index (Phi) is 3.71. The van der Waals surface area contributed by atoms with Gasteiger partial charge in [-0.15, -0.1) is 11.3 Å². The van der Waals surface area contributed by atoms with Crippen LogP contribution in [0.2, 0.25) is 10.0 Å². The summed E-state index contributed by atoms with van der Waals surface area (Å²) < 4.78 is 13.5. The van der Waals surface area contributed by atoms with E-state index in [2.05, 4.69) is 0 Å². The van der Waals surface area contributed by atoms with Crippen molar-refractivity contribution in [3.05, 3.63) is 55.4 Å². The van der Waals surface area contributed by atoms with Gasteiger partial charge in [0.05, 0.1) is 15.6 Å². The normalized spacial score (nSPS) is 14.2. The lowest BCUT2D eigenvalue weighted by molar-refractivity contribution is 0.0735. The Labute approximate surface area is 129 Å². The molecular weight excluding hydrogens is 320 g/mol. The first-order valence-corrected chi connectivity index (χ1v) is 7.69. The molecule has 1 amide bonds.